The van der Waals surface area contributed by atoms with E-state index >= 15 is 0 Å². The summed E-state index contributed by atoms with van der Waals surface area (Å²) in [5, 5.41) is 2.65. The number of amides is 1. The molecule has 1 aromatic rings. The predicted octanol–water partition coefficient (Wildman–Crippen LogP) is 1.71. The van der Waals surface area contributed by atoms with Crippen molar-refractivity contribution in [2.75, 3.05) is 26.9 Å². The van der Waals surface area contributed by atoms with Crippen molar-refractivity contribution in [2.45, 2.75) is 32.8 Å². The Morgan fingerprint density at radius 1 is 1.26 bits per heavy atom. The van der Waals surface area contributed by atoms with Crippen molar-refractivity contribution in [1.29, 1.82) is 0 Å². The average Bonchev–Trinajstić information content (AvgIpc) is 2.49. The first kappa shape index (κ1) is 19.0. The molecule has 0 atom stereocenters. The topological polar surface area (TPSA) is 73.9 Å². The Morgan fingerprint density at radius 2 is 2.04 bits per heavy atom. The molecule has 0 bridgehead atoms. The lowest BCUT2D eigenvalue weighted by Gasteiger charge is -2.11. The van der Waals surface area contributed by atoms with Gasteiger partial charge in [-0.25, -0.2) is 0 Å². The molecule has 0 saturated heterocycles. The first-order valence-electron chi connectivity index (χ1n) is 7.68. The van der Waals surface area contributed by atoms with Gasteiger partial charge >= 0.3 is 5.97 Å². The third kappa shape index (κ3) is 8.83. The minimum absolute atomic E-state index is 0.0685. The number of nitrogens with one attached hydrogen (secondary N) is 1. The highest BCUT2D eigenvalue weighted by Crippen LogP contribution is 2.15. The van der Waals surface area contributed by atoms with Gasteiger partial charge in [0.15, 0.2) is 6.61 Å². The minimum Gasteiger partial charge on any atom is -0.491 e. The Kier molecular flexibility index (Phi) is 8.75. The molecule has 23 heavy (non-hydrogen) atoms. The minimum atomic E-state index is -0.446. The molecule has 0 aliphatic carbocycles. The van der Waals surface area contributed by atoms with E-state index in [0.29, 0.717) is 18.9 Å². The first-order chi connectivity index (χ1) is 11.0. The second-order valence-electron chi connectivity index (χ2n) is 5.35. The van der Waals surface area contributed by atoms with Crippen molar-refractivity contribution < 1.29 is 23.8 Å². The summed E-state index contributed by atoms with van der Waals surface area (Å²) in [6.07, 6.45) is 0.893. The van der Waals surface area contributed by atoms with E-state index in [1.54, 1.807) is 13.2 Å². The van der Waals surface area contributed by atoms with Crippen molar-refractivity contribution in [3.63, 3.8) is 0 Å². The van der Waals surface area contributed by atoms with Crippen LogP contribution in [0.25, 0.3) is 0 Å². The van der Waals surface area contributed by atoms with Crippen LogP contribution in [0.1, 0.15) is 25.8 Å². The van der Waals surface area contributed by atoms with Crippen molar-refractivity contribution >= 4 is 11.9 Å². The van der Waals surface area contributed by atoms with Crippen molar-refractivity contribution in [3.8, 4) is 5.75 Å². The number of carbonyl (C=O) groups is 2. The maximum atomic E-state index is 11.8. The van der Waals surface area contributed by atoms with E-state index in [9.17, 15) is 9.59 Å². The molecule has 0 fully saturated rings. The fourth-order valence-corrected chi connectivity index (χ4v) is 1.86. The van der Waals surface area contributed by atoms with Crippen LogP contribution in [-0.4, -0.2) is 44.8 Å². The van der Waals surface area contributed by atoms with Crippen LogP contribution in [0.3, 0.4) is 0 Å². The summed E-state index contributed by atoms with van der Waals surface area (Å²) in [5.74, 6) is -0.0498. The highest BCUT2D eigenvalue weighted by Gasteiger charge is 2.09. The normalized spacial score (nSPS) is 10.4. The maximum absolute atomic E-state index is 11.8. The molecule has 1 N–H and O–H groups in total. The smallest absolute Gasteiger partial charge is 0.310 e. The van der Waals surface area contributed by atoms with E-state index in [0.717, 1.165) is 12.0 Å². The van der Waals surface area contributed by atoms with Crippen LogP contribution >= 0.6 is 0 Å². The largest absolute Gasteiger partial charge is 0.491 e. The summed E-state index contributed by atoms with van der Waals surface area (Å²) in [6.45, 7) is 4.68. The Hall–Kier alpha value is -2.08. The third-order valence-corrected chi connectivity index (χ3v) is 2.83. The van der Waals surface area contributed by atoms with Gasteiger partial charge in [-0.05, 0) is 38.0 Å². The highest BCUT2D eigenvalue weighted by molar-refractivity contribution is 5.81. The van der Waals surface area contributed by atoms with Gasteiger partial charge in [0.2, 0.25) is 0 Å². The molecule has 128 valence electrons. The molecule has 6 heteroatoms. The number of benzene rings is 1. The summed E-state index contributed by atoms with van der Waals surface area (Å²) in [7, 11) is 1.60. The molecule has 0 radical (unpaired) electrons. The van der Waals surface area contributed by atoms with E-state index in [1.165, 1.54) is 0 Å². The molecular formula is C17H25NO5. The zero-order valence-corrected chi connectivity index (χ0v) is 14.0. The van der Waals surface area contributed by atoms with E-state index in [-0.39, 0.29) is 25.0 Å². The summed E-state index contributed by atoms with van der Waals surface area (Å²) in [4.78, 5) is 23.3. The summed E-state index contributed by atoms with van der Waals surface area (Å²) >= 11 is 0. The molecule has 0 aromatic heterocycles. The van der Waals surface area contributed by atoms with Gasteiger partial charge in [-0.15, -0.1) is 0 Å². The van der Waals surface area contributed by atoms with E-state index in [2.05, 4.69) is 5.32 Å². The van der Waals surface area contributed by atoms with E-state index < -0.39 is 5.97 Å². The molecule has 0 unspecified atom stereocenters. The van der Waals surface area contributed by atoms with Crippen LogP contribution in [0.4, 0.5) is 0 Å². The fourth-order valence-electron chi connectivity index (χ4n) is 1.86. The number of methoxy groups -OCH3 is 1. The maximum Gasteiger partial charge on any atom is 0.310 e. The lowest BCUT2D eigenvalue weighted by Crippen LogP contribution is -2.30. The summed E-state index contributed by atoms with van der Waals surface area (Å²) in [6, 6.07) is 7.27. The van der Waals surface area contributed by atoms with Crippen LogP contribution in [0, 0.1) is 0 Å². The SMILES string of the molecule is COCCCNC(=O)COC(=O)Cc1cccc(OC(C)C)c1. The van der Waals surface area contributed by atoms with Crippen molar-refractivity contribution in [1.82, 2.24) is 5.32 Å². The lowest BCUT2D eigenvalue weighted by atomic mass is 10.1. The molecule has 0 saturated carbocycles. The standard InChI is InChI=1S/C17H25NO5/c1-13(2)23-15-7-4-6-14(10-15)11-17(20)22-12-16(19)18-8-5-9-21-3/h4,6-7,10,13H,5,8-9,11-12H2,1-3H3,(H,18,19). The second-order valence-corrected chi connectivity index (χ2v) is 5.35. The Labute approximate surface area is 137 Å². The summed E-state index contributed by atoms with van der Waals surface area (Å²) < 4.78 is 15.4. The van der Waals surface area contributed by atoms with Crippen molar-refractivity contribution in [2.24, 2.45) is 0 Å². The van der Waals surface area contributed by atoms with Crippen LogP contribution in [0.2, 0.25) is 0 Å². The van der Waals surface area contributed by atoms with Gasteiger partial charge in [-0.1, -0.05) is 12.1 Å². The van der Waals surface area contributed by atoms with Gasteiger partial charge < -0.3 is 19.5 Å². The van der Waals surface area contributed by atoms with Gasteiger partial charge in [0.05, 0.1) is 12.5 Å². The summed E-state index contributed by atoms with van der Waals surface area (Å²) in [5.41, 5.74) is 0.786. The Balaban J connectivity index is 2.32. The fraction of sp³-hybridized carbons (Fsp3) is 0.529. The van der Waals surface area contributed by atoms with Gasteiger partial charge in [0.1, 0.15) is 5.75 Å². The zero-order chi connectivity index (χ0) is 17.1. The monoisotopic (exact) mass is 323 g/mol. The number of rotatable bonds is 10. The molecule has 1 aromatic carbocycles. The first-order valence-corrected chi connectivity index (χ1v) is 7.68. The quantitative estimate of drug-likeness (QED) is 0.524. The lowest BCUT2D eigenvalue weighted by molar-refractivity contribution is -0.147. The molecule has 0 spiro atoms. The zero-order valence-electron chi connectivity index (χ0n) is 14.0. The van der Waals surface area contributed by atoms with Crippen molar-refractivity contribution in [3.05, 3.63) is 29.8 Å². The van der Waals surface area contributed by atoms with Crippen LogP contribution < -0.4 is 10.1 Å². The Bertz CT molecular complexity index is 502. The molecule has 0 aliphatic rings. The van der Waals surface area contributed by atoms with Crippen LogP contribution in [0.5, 0.6) is 5.75 Å². The third-order valence-electron chi connectivity index (χ3n) is 2.83. The van der Waals surface area contributed by atoms with E-state index in [4.69, 9.17) is 14.2 Å². The van der Waals surface area contributed by atoms with Crippen LogP contribution in [0.15, 0.2) is 24.3 Å². The molecule has 0 aliphatic heterocycles. The Morgan fingerprint density at radius 3 is 2.74 bits per heavy atom. The number of carbonyl (C=O) groups excluding carboxylic acids is 2. The van der Waals surface area contributed by atoms with Gasteiger partial charge in [0, 0.05) is 20.3 Å². The highest BCUT2D eigenvalue weighted by atomic mass is 16.5. The van der Waals surface area contributed by atoms with Gasteiger partial charge in [-0.2, -0.15) is 0 Å². The molecule has 1 amide bonds. The van der Waals surface area contributed by atoms with Crippen LogP contribution in [-0.2, 0) is 25.5 Å². The molecule has 0 heterocycles. The molecule has 1 rings (SSSR count). The van der Waals surface area contributed by atoms with E-state index in [1.807, 2.05) is 32.0 Å². The number of ether oxygens (including phenoxy) is 3. The number of hydrogen-bond acceptors (Lipinski definition) is 5. The van der Waals surface area contributed by atoms with Gasteiger partial charge in [0.25, 0.3) is 5.91 Å². The molecule has 6 nitrogen and oxygen atoms in total. The second kappa shape index (κ2) is 10.6. The number of esters is 1. The average molecular weight is 323 g/mol. The molecular weight excluding hydrogens is 298 g/mol. The van der Waals surface area contributed by atoms with Gasteiger partial charge in [-0.3, -0.25) is 9.59 Å². The number of hydrogen-bond donors (Lipinski definition) is 1. The predicted molar refractivity (Wildman–Crippen MR) is 86.4 cm³/mol.